The summed E-state index contributed by atoms with van der Waals surface area (Å²) in [5, 5.41) is 10.2. The maximum absolute atomic E-state index is 13.3. The van der Waals surface area contributed by atoms with E-state index in [9.17, 15) is 9.90 Å². The molecule has 1 aliphatic heterocycles. The van der Waals surface area contributed by atoms with E-state index in [1.54, 1.807) is 13.8 Å². The summed E-state index contributed by atoms with van der Waals surface area (Å²) in [6.07, 6.45) is 0.933. The predicted molar refractivity (Wildman–Crippen MR) is 119 cm³/mol. The Kier molecular flexibility index (Phi) is 5.42. The molecular weight excluding hydrogens is 358 g/mol. The molecule has 2 aromatic carbocycles. The van der Waals surface area contributed by atoms with E-state index in [-0.39, 0.29) is 22.8 Å². The third-order valence-electron chi connectivity index (χ3n) is 7.63. The van der Waals surface area contributed by atoms with Gasteiger partial charge in [0.25, 0.3) is 5.91 Å². The molecule has 0 aromatic heterocycles. The highest BCUT2D eigenvalue weighted by molar-refractivity contribution is 5.94. The Morgan fingerprint density at radius 3 is 2.21 bits per heavy atom. The topological polar surface area (TPSA) is 40.5 Å². The first-order chi connectivity index (χ1) is 13.4. The molecule has 1 heterocycles. The number of nitrogens with zero attached hydrogens (tertiary/aromatic N) is 1. The van der Waals surface area contributed by atoms with Crippen LogP contribution in [0.3, 0.4) is 0 Å². The van der Waals surface area contributed by atoms with Gasteiger partial charge in [-0.3, -0.25) is 4.79 Å². The van der Waals surface area contributed by atoms with Crippen LogP contribution in [0.5, 0.6) is 0 Å². The van der Waals surface area contributed by atoms with Gasteiger partial charge < -0.3 is 10.0 Å². The Morgan fingerprint density at radius 1 is 1.07 bits per heavy atom. The van der Waals surface area contributed by atoms with Crippen molar-refractivity contribution in [1.82, 2.24) is 4.90 Å². The van der Waals surface area contributed by atoms with Crippen LogP contribution in [0.25, 0.3) is 0 Å². The number of likely N-dealkylation sites (tertiary alicyclic amines) is 1. The van der Waals surface area contributed by atoms with E-state index >= 15 is 0 Å². The number of aryl methyl sites for hydroxylation is 1. The molecule has 0 radical (unpaired) electrons. The zero-order chi connectivity index (χ0) is 21.6. The molecule has 0 saturated carbocycles. The molecule has 3 heteroatoms. The van der Waals surface area contributed by atoms with Crippen LogP contribution in [0.2, 0.25) is 0 Å². The fourth-order valence-corrected chi connectivity index (χ4v) is 4.85. The monoisotopic (exact) mass is 393 g/mol. The van der Waals surface area contributed by atoms with E-state index in [1.165, 1.54) is 11.1 Å². The van der Waals surface area contributed by atoms with Gasteiger partial charge in [-0.1, -0.05) is 57.2 Å². The summed E-state index contributed by atoms with van der Waals surface area (Å²) < 4.78 is 0. The number of benzene rings is 2. The lowest BCUT2D eigenvalue weighted by Crippen LogP contribution is -2.60. The minimum absolute atomic E-state index is 0.000685. The second kappa shape index (κ2) is 7.28. The number of hydrogen-bond acceptors (Lipinski definition) is 2. The minimum atomic E-state index is -0.905. The second-order valence-corrected chi connectivity index (χ2v) is 9.93. The van der Waals surface area contributed by atoms with Gasteiger partial charge in [-0.25, -0.2) is 0 Å². The largest absolute Gasteiger partial charge is 0.386 e. The maximum Gasteiger partial charge on any atom is 0.254 e. The molecule has 1 amide bonds. The summed E-state index contributed by atoms with van der Waals surface area (Å²) in [4.78, 5) is 15.4. The number of carbonyl (C=O) groups is 1. The molecule has 156 valence electrons. The van der Waals surface area contributed by atoms with E-state index in [4.69, 9.17) is 0 Å². The SMILES string of the molecule is Cc1ccccc1[C@]1(C)CCN(C(=O)c2ccc(C(C)(C)O)cc2)[C@H](C)C1(C)C. The number of carbonyl (C=O) groups excluding carboxylic acids is 1. The van der Waals surface area contributed by atoms with Gasteiger partial charge in [0.2, 0.25) is 0 Å². The number of aliphatic hydroxyl groups is 1. The van der Waals surface area contributed by atoms with Crippen LogP contribution in [0.1, 0.15) is 75.0 Å². The lowest BCUT2D eigenvalue weighted by molar-refractivity contribution is -0.00993. The molecule has 3 nitrogen and oxygen atoms in total. The highest BCUT2D eigenvalue weighted by atomic mass is 16.3. The van der Waals surface area contributed by atoms with Crippen molar-refractivity contribution in [2.45, 2.75) is 71.9 Å². The minimum Gasteiger partial charge on any atom is -0.386 e. The van der Waals surface area contributed by atoms with Crippen LogP contribution < -0.4 is 0 Å². The van der Waals surface area contributed by atoms with Gasteiger partial charge in [0, 0.05) is 23.6 Å². The third kappa shape index (κ3) is 3.61. The summed E-state index contributed by atoms with van der Waals surface area (Å²) in [6.45, 7) is 15.5. The molecule has 29 heavy (non-hydrogen) atoms. The van der Waals surface area contributed by atoms with Gasteiger partial charge in [-0.05, 0) is 68.4 Å². The van der Waals surface area contributed by atoms with Crippen molar-refractivity contribution in [2.24, 2.45) is 5.41 Å². The molecule has 1 fully saturated rings. The molecule has 3 rings (SSSR count). The van der Waals surface area contributed by atoms with E-state index in [0.717, 1.165) is 18.5 Å². The molecule has 1 saturated heterocycles. The first kappa shape index (κ1) is 21.6. The third-order valence-corrected chi connectivity index (χ3v) is 7.63. The molecule has 0 bridgehead atoms. The van der Waals surface area contributed by atoms with Gasteiger partial charge in [0.15, 0.2) is 0 Å². The van der Waals surface area contributed by atoms with Crippen LogP contribution in [-0.2, 0) is 11.0 Å². The molecule has 0 aliphatic carbocycles. The number of amides is 1. The van der Waals surface area contributed by atoms with Gasteiger partial charge in [0.05, 0.1) is 5.60 Å². The molecule has 2 atom stereocenters. The van der Waals surface area contributed by atoms with Crippen LogP contribution >= 0.6 is 0 Å². The lowest BCUT2D eigenvalue weighted by Gasteiger charge is -2.56. The Labute approximate surface area is 175 Å². The first-order valence-electron chi connectivity index (χ1n) is 10.6. The average molecular weight is 394 g/mol. The average Bonchev–Trinajstić information content (AvgIpc) is 2.66. The predicted octanol–water partition coefficient (Wildman–Crippen LogP) is 5.44. The summed E-state index contributed by atoms with van der Waals surface area (Å²) in [5.41, 5.74) is 3.21. The summed E-state index contributed by atoms with van der Waals surface area (Å²) in [5.74, 6) is 0.0692. The number of rotatable bonds is 3. The van der Waals surface area contributed by atoms with Crippen molar-refractivity contribution in [3.8, 4) is 0 Å². The Bertz CT molecular complexity index is 892. The highest BCUT2D eigenvalue weighted by Gasteiger charge is 2.52. The van der Waals surface area contributed by atoms with E-state index in [0.29, 0.717) is 5.56 Å². The van der Waals surface area contributed by atoms with Crippen LogP contribution in [0, 0.1) is 12.3 Å². The summed E-state index contributed by atoms with van der Waals surface area (Å²) in [7, 11) is 0. The molecular formula is C26H35NO2. The van der Waals surface area contributed by atoms with Crippen molar-refractivity contribution in [3.63, 3.8) is 0 Å². The second-order valence-electron chi connectivity index (χ2n) is 9.93. The number of piperidine rings is 1. The molecule has 1 N–H and O–H groups in total. The van der Waals surface area contributed by atoms with Gasteiger partial charge >= 0.3 is 0 Å². The standard InChI is InChI=1S/C26H35NO2/c1-18-10-8-9-11-22(18)26(7)16-17-27(19(2)24(26,3)4)23(28)20-12-14-21(15-13-20)25(5,6)29/h8-15,19,29H,16-17H2,1-7H3/t19-,26+/m1/s1. The van der Waals surface area contributed by atoms with Crippen LogP contribution in [0.15, 0.2) is 48.5 Å². The summed E-state index contributed by atoms with van der Waals surface area (Å²) >= 11 is 0. The zero-order valence-electron chi connectivity index (χ0n) is 18.9. The van der Waals surface area contributed by atoms with Gasteiger partial charge in [-0.2, -0.15) is 0 Å². The molecule has 1 aliphatic rings. The van der Waals surface area contributed by atoms with E-state index in [2.05, 4.69) is 58.9 Å². The first-order valence-corrected chi connectivity index (χ1v) is 10.6. The highest BCUT2D eigenvalue weighted by Crippen LogP contribution is 2.51. The van der Waals surface area contributed by atoms with Crippen molar-refractivity contribution in [3.05, 3.63) is 70.8 Å². The lowest BCUT2D eigenvalue weighted by atomic mass is 9.55. The van der Waals surface area contributed by atoms with Crippen molar-refractivity contribution in [2.75, 3.05) is 6.54 Å². The normalized spacial score (nSPS) is 24.4. The van der Waals surface area contributed by atoms with Crippen molar-refractivity contribution < 1.29 is 9.90 Å². The fourth-order valence-electron chi connectivity index (χ4n) is 4.85. The molecule has 0 unspecified atom stereocenters. The fraction of sp³-hybridized carbons (Fsp3) is 0.500. The van der Waals surface area contributed by atoms with Gasteiger partial charge in [-0.15, -0.1) is 0 Å². The Balaban J connectivity index is 1.89. The number of hydrogen-bond donors (Lipinski definition) is 1. The van der Waals surface area contributed by atoms with Crippen molar-refractivity contribution in [1.29, 1.82) is 0 Å². The van der Waals surface area contributed by atoms with E-state index < -0.39 is 5.60 Å². The zero-order valence-corrected chi connectivity index (χ0v) is 18.9. The van der Waals surface area contributed by atoms with Crippen LogP contribution in [0.4, 0.5) is 0 Å². The smallest absolute Gasteiger partial charge is 0.254 e. The summed E-state index contributed by atoms with van der Waals surface area (Å²) in [6, 6.07) is 16.1. The Hall–Kier alpha value is -2.13. The van der Waals surface area contributed by atoms with E-state index in [1.807, 2.05) is 29.2 Å². The van der Waals surface area contributed by atoms with Crippen molar-refractivity contribution >= 4 is 5.91 Å². The maximum atomic E-state index is 13.3. The Morgan fingerprint density at radius 2 is 1.66 bits per heavy atom. The van der Waals surface area contributed by atoms with Gasteiger partial charge in [0.1, 0.15) is 0 Å². The molecule has 2 aromatic rings. The molecule has 0 spiro atoms. The van der Waals surface area contributed by atoms with Crippen LogP contribution in [-0.4, -0.2) is 28.5 Å². The quantitative estimate of drug-likeness (QED) is 0.754.